The van der Waals surface area contributed by atoms with Crippen molar-refractivity contribution >= 4 is 0 Å². The summed E-state index contributed by atoms with van der Waals surface area (Å²) in [5.74, 6) is 0. The summed E-state index contributed by atoms with van der Waals surface area (Å²) in [6.07, 6.45) is -4.35. The van der Waals surface area contributed by atoms with Gasteiger partial charge in [0, 0.05) is 19.1 Å². The highest BCUT2D eigenvalue weighted by molar-refractivity contribution is 5.27. The van der Waals surface area contributed by atoms with Gasteiger partial charge in [0.2, 0.25) is 0 Å². The molecule has 1 aliphatic heterocycles. The maximum atomic E-state index is 12.4. The van der Waals surface area contributed by atoms with E-state index < -0.39 is 11.9 Å². The van der Waals surface area contributed by atoms with Crippen LogP contribution in [0.2, 0.25) is 0 Å². The Hall–Kier alpha value is -1.10. The summed E-state index contributed by atoms with van der Waals surface area (Å²) >= 11 is 0. The number of nitrogens with zero attached hydrogens (tertiary/aromatic N) is 2. The summed E-state index contributed by atoms with van der Waals surface area (Å²) in [6, 6.07) is 2.92. The van der Waals surface area contributed by atoms with Gasteiger partial charge in [0.1, 0.15) is 5.69 Å². The highest BCUT2D eigenvalue weighted by atomic mass is 19.4. The van der Waals surface area contributed by atoms with Gasteiger partial charge in [-0.1, -0.05) is 19.9 Å². The first kappa shape index (κ1) is 15.0. The molecule has 102 valence electrons. The Morgan fingerprint density at radius 2 is 1.78 bits per heavy atom. The van der Waals surface area contributed by atoms with Crippen LogP contribution in [-0.2, 0) is 19.3 Å². The van der Waals surface area contributed by atoms with Crippen LogP contribution in [0.3, 0.4) is 0 Å². The molecule has 0 aliphatic carbocycles. The average molecular weight is 260 g/mol. The average Bonchev–Trinajstić information content (AvgIpc) is 2.73. The van der Waals surface area contributed by atoms with Crippen LogP contribution < -0.4 is 0 Å². The normalized spacial score (nSPS) is 15.3. The lowest BCUT2D eigenvalue weighted by Crippen LogP contribution is -2.24. The van der Waals surface area contributed by atoms with E-state index in [2.05, 4.69) is 9.88 Å². The van der Waals surface area contributed by atoms with E-state index >= 15 is 0 Å². The zero-order chi connectivity index (χ0) is 13.9. The smallest absolute Gasteiger partial charge is 0.291 e. The second-order valence-electron chi connectivity index (χ2n) is 4.30. The van der Waals surface area contributed by atoms with E-state index in [4.69, 9.17) is 0 Å². The van der Waals surface area contributed by atoms with E-state index in [9.17, 15) is 13.2 Å². The van der Waals surface area contributed by atoms with Crippen LogP contribution in [0, 0.1) is 0 Å². The number of hydrogen-bond donors (Lipinski definition) is 0. The predicted molar refractivity (Wildman–Crippen MR) is 65.0 cm³/mol. The fourth-order valence-corrected chi connectivity index (χ4v) is 1.80. The molecule has 0 aromatic carbocycles. The topological polar surface area (TPSA) is 16.1 Å². The maximum Gasteiger partial charge on any atom is 0.433 e. The van der Waals surface area contributed by atoms with Crippen LogP contribution in [0.4, 0.5) is 13.2 Å². The molecule has 1 aromatic heterocycles. The van der Waals surface area contributed by atoms with E-state index in [1.807, 2.05) is 27.7 Å². The van der Waals surface area contributed by atoms with Crippen LogP contribution in [0.1, 0.15) is 44.6 Å². The monoisotopic (exact) mass is 260 g/mol. The number of fused-ring (bicyclic) bond motifs is 1. The fraction of sp³-hybridized carbons (Fsp3) is 0.615. The highest BCUT2D eigenvalue weighted by Crippen LogP contribution is 2.30. The molecule has 2 rings (SSSR count). The number of alkyl halides is 3. The van der Waals surface area contributed by atoms with Gasteiger partial charge in [0.25, 0.3) is 0 Å². The molecule has 2 heterocycles. The number of pyridine rings is 1. The van der Waals surface area contributed by atoms with Crippen molar-refractivity contribution in [2.24, 2.45) is 0 Å². The van der Waals surface area contributed by atoms with Gasteiger partial charge in [-0.3, -0.25) is 4.90 Å². The molecule has 2 nitrogen and oxygen atoms in total. The molecular formula is C13H19F3N2. The van der Waals surface area contributed by atoms with Crippen molar-refractivity contribution in [2.75, 3.05) is 0 Å². The summed E-state index contributed by atoms with van der Waals surface area (Å²) < 4.78 is 37.3. The van der Waals surface area contributed by atoms with Crippen molar-refractivity contribution in [2.45, 2.75) is 53.0 Å². The Morgan fingerprint density at radius 3 is 2.28 bits per heavy atom. The molecule has 18 heavy (non-hydrogen) atoms. The highest BCUT2D eigenvalue weighted by Gasteiger charge is 2.34. The van der Waals surface area contributed by atoms with Crippen LogP contribution in [0.25, 0.3) is 0 Å². The molecule has 0 atom stereocenters. The van der Waals surface area contributed by atoms with Gasteiger partial charge in [-0.25, -0.2) is 4.98 Å². The minimum Gasteiger partial charge on any atom is -0.291 e. The molecule has 0 N–H and O–H groups in total. The van der Waals surface area contributed by atoms with Crippen LogP contribution in [-0.4, -0.2) is 15.9 Å². The summed E-state index contributed by atoms with van der Waals surface area (Å²) in [5, 5.41) is 0. The summed E-state index contributed by atoms with van der Waals surface area (Å²) in [5.41, 5.74) is 0.669. The molecule has 0 saturated carbocycles. The molecule has 5 heteroatoms. The van der Waals surface area contributed by atoms with E-state index in [-0.39, 0.29) is 0 Å². The van der Waals surface area contributed by atoms with Crippen molar-refractivity contribution < 1.29 is 13.2 Å². The summed E-state index contributed by atoms with van der Waals surface area (Å²) in [4.78, 5) is 5.79. The van der Waals surface area contributed by atoms with E-state index in [1.165, 1.54) is 6.07 Å². The molecule has 0 amide bonds. The first-order valence-corrected chi connectivity index (χ1v) is 6.18. The second kappa shape index (κ2) is 5.69. The zero-order valence-electron chi connectivity index (χ0n) is 11.2. The Bertz CT molecular complexity index is 400. The Kier molecular flexibility index (Phi) is 4.73. The Morgan fingerprint density at radius 1 is 1.17 bits per heavy atom. The summed E-state index contributed by atoms with van der Waals surface area (Å²) in [7, 11) is 0. The third kappa shape index (κ3) is 3.22. The molecule has 0 bridgehead atoms. The minimum absolute atomic E-state index is 0.323. The molecule has 0 fully saturated rings. The van der Waals surface area contributed by atoms with Gasteiger partial charge in [-0.15, -0.1) is 0 Å². The Labute approximate surface area is 106 Å². The number of rotatable bonds is 1. The van der Waals surface area contributed by atoms with E-state index in [1.54, 1.807) is 0 Å². The lowest BCUT2D eigenvalue weighted by Gasteiger charge is -2.18. The van der Waals surface area contributed by atoms with E-state index in [0.717, 1.165) is 11.6 Å². The maximum absolute atomic E-state index is 12.4. The largest absolute Gasteiger partial charge is 0.433 e. The van der Waals surface area contributed by atoms with Gasteiger partial charge >= 0.3 is 6.18 Å². The van der Waals surface area contributed by atoms with Gasteiger partial charge in [0.15, 0.2) is 0 Å². The number of halogens is 3. The first-order valence-electron chi connectivity index (χ1n) is 6.18. The zero-order valence-corrected chi connectivity index (χ0v) is 11.2. The standard InChI is InChI=1S/C11H13F3N2.C2H6/c1-7(2)16-5-8-3-4-10(11(12,13)14)15-9(8)6-16;1-2/h3-4,7H,5-6H2,1-2H3;1-2H3. The Balaban J connectivity index is 0.000000771. The van der Waals surface area contributed by atoms with Crippen molar-refractivity contribution in [3.8, 4) is 0 Å². The molecular weight excluding hydrogens is 241 g/mol. The van der Waals surface area contributed by atoms with Gasteiger partial charge < -0.3 is 0 Å². The van der Waals surface area contributed by atoms with Crippen molar-refractivity contribution in [1.82, 2.24) is 9.88 Å². The van der Waals surface area contributed by atoms with Crippen LogP contribution in [0.5, 0.6) is 0 Å². The lowest BCUT2D eigenvalue weighted by molar-refractivity contribution is -0.141. The van der Waals surface area contributed by atoms with Gasteiger partial charge in [-0.05, 0) is 25.5 Å². The summed E-state index contributed by atoms with van der Waals surface area (Å²) in [6.45, 7) is 9.25. The fourth-order valence-electron chi connectivity index (χ4n) is 1.80. The quantitative estimate of drug-likeness (QED) is 0.762. The molecule has 0 radical (unpaired) electrons. The van der Waals surface area contributed by atoms with Crippen molar-refractivity contribution in [1.29, 1.82) is 0 Å². The molecule has 1 aromatic rings. The van der Waals surface area contributed by atoms with Gasteiger partial charge in [0.05, 0.1) is 5.69 Å². The lowest BCUT2D eigenvalue weighted by atomic mass is 10.2. The third-order valence-electron chi connectivity index (χ3n) is 2.82. The molecule has 0 saturated heterocycles. The SMILES string of the molecule is CC.CC(C)N1Cc2ccc(C(F)(F)F)nc2C1. The van der Waals surface area contributed by atoms with Crippen molar-refractivity contribution in [3.63, 3.8) is 0 Å². The number of aromatic nitrogens is 1. The minimum atomic E-state index is -4.35. The molecule has 0 unspecified atom stereocenters. The van der Waals surface area contributed by atoms with Crippen molar-refractivity contribution in [3.05, 3.63) is 29.1 Å². The number of hydrogen-bond acceptors (Lipinski definition) is 2. The third-order valence-corrected chi connectivity index (χ3v) is 2.82. The van der Waals surface area contributed by atoms with Crippen LogP contribution in [0.15, 0.2) is 12.1 Å². The van der Waals surface area contributed by atoms with Crippen LogP contribution >= 0.6 is 0 Å². The molecule has 1 aliphatic rings. The van der Waals surface area contributed by atoms with E-state index in [0.29, 0.717) is 24.8 Å². The molecule has 0 spiro atoms. The van der Waals surface area contributed by atoms with Gasteiger partial charge in [-0.2, -0.15) is 13.2 Å². The second-order valence-corrected chi connectivity index (χ2v) is 4.30. The predicted octanol–water partition coefficient (Wildman–Crippen LogP) is 3.85. The first-order chi connectivity index (χ1) is 8.38.